The Morgan fingerprint density at radius 2 is 1.68 bits per heavy atom. The molecule has 0 aliphatic carbocycles. The molecule has 0 heterocycles. The van der Waals surface area contributed by atoms with E-state index in [1.165, 1.54) is 4.90 Å². The highest BCUT2D eigenvalue weighted by Gasteiger charge is 2.30. The minimum Gasteiger partial charge on any atom is -0.352 e. The normalized spacial score (nSPS) is 13.1. The van der Waals surface area contributed by atoms with Crippen LogP contribution < -0.4 is 9.62 Å². The molecular weight excluding hydrogens is 586 g/mol. The Kier molecular flexibility index (Phi) is 10.1. The average Bonchev–Trinajstić information content (AvgIpc) is 2.77. The van der Waals surface area contributed by atoms with Gasteiger partial charge in [0, 0.05) is 21.5 Å². The number of hydrogen-bond acceptors (Lipinski definition) is 4. The van der Waals surface area contributed by atoms with Crippen LogP contribution in [0.1, 0.15) is 38.3 Å². The molecule has 2 atom stereocenters. The van der Waals surface area contributed by atoms with Crippen LogP contribution >= 0.6 is 31.9 Å². The van der Waals surface area contributed by atoms with Gasteiger partial charge in [-0.05, 0) is 68.7 Å². The SMILES string of the molecule is CC[C@H](C)NC(=O)[C@H](C)N(Cc1ccc(Br)cc1)C(=O)CN(c1ccc(Br)c(C)c1)S(C)(=O)=O. The minimum atomic E-state index is -3.76. The molecule has 7 nitrogen and oxygen atoms in total. The third kappa shape index (κ3) is 7.81. The maximum absolute atomic E-state index is 13.5. The number of rotatable bonds is 10. The predicted molar refractivity (Wildman–Crippen MR) is 143 cm³/mol. The van der Waals surface area contributed by atoms with Crippen molar-refractivity contribution >= 4 is 59.4 Å². The van der Waals surface area contributed by atoms with Crippen LogP contribution in [0.15, 0.2) is 51.4 Å². The number of nitrogens with one attached hydrogen (secondary N) is 1. The molecule has 0 saturated carbocycles. The fraction of sp³-hybridized carbons (Fsp3) is 0.417. The lowest BCUT2D eigenvalue weighted by molar-refractivity contribution is -0.139. The van der Waals surface area contributed by atoms with Crippen LogP contribution in [0.25, 0.3) is 0 Å². The highest BCUT2D eigenvalue weighted by molar-refractivity contribution is 9.10. The van der Waals surface area contributed by atoms with Crippen molar-refractivity contribution < 1.29 is 18.0 Å². The summed E-state index contributed by atoms with van der Waals surface area (Å²) >= 11 is 6.81. The maximum atomic E-state index is 13.5. The second-order valence-electron chi connectivity index (χ2n) is 8.35. The molecule has 34 heavy (non-hydrogen) atoms. The van der Waals surface area contributed by atoms with Gasteiger partial charge in [-0.15, -0.1) is 0 Å². The van der Waals surface area contributed by atoms with Crippen LogP contribution in [-0.2, 0) is 26.2 Å². The first-order valence-electron chi connectivity index (χ1n) is 10.9. The number of aryl methyl sites for hydroxylation is 1. The van der Waals surface area contributed by atoms with Crippen molar-refractivity contribution in [2.24, 2.45) is 0 Å². The summed E-state index contributed by atoms with van der Waals surface area (Å²) in [5.74, 6) is -0.758. The van der Waals surface area contributed by atoms with Crippen molar-refractivity contribution in [3.63, 3.8) is 0 Å². The van der Waals surface area contributed by atoms with E-state index in [1.807, 2.05) is 45.0 Å². The van der Waals surface area contributed by atoms with Gasteiger partial charge in [0.05, 0.1) is 11.9 Å². The van der Waals surface area contributed by atoms with Gasteiger partial charge in [-0.2, -0.15) is 0 Å². The first-order valence-corrected chi connectivity index (χ1v) is 14.3. The summed E-state index contributed by atoms with van der Waals surface area (Å²) in [4.78, 5) is 27.8. The second-order valence-corrected chi connectivity index (χ2v) is 12.0. The third-order valence-electron chi connectivity index (χ3n) is 5.54. The smallest absolute Gasteiger partial charge is 0.244 e. The highest BCUT2D eigenvalue weighted by atomic mass is 79.9. The molecule has 2 rings (SSSR count). The lowest BCUT2D eigenvalue weighted by atomic mass is 10.1. The van der Waals surface area contributed by atoms with Crippen molar-refractivity contribution in [1.82, 2.24) is 10.2 Å². The molecule has 2 aromatic carbocycles. The molecule has 0 spiro atoms. The number of carbonyl (C=O) groups is 2. The largest absolute Gasteiger partial charge is 0.352 e. The van der Waals surface area contributed by atoms with Crippen molar-refractivity contribution in [1.29, 1.82) is 0 Å². The van der Waals surface area contributed by atoms with Gasteiger partial charge in [0.1, 0.15) is 12.6 Å². The Hall–Kier alpha value is -1.91. The molecule has 0 aliphatic rings. The lowest BCUT2D eigenvalue weighted by Crippen LogP contribution is -2.52. The number of amides is 2. The van der Waals surface area contributed by atoms with Crippen LogP contribution in [0.3, 0.4) is 0 Å². The van der Waals surface area contributed by atoms with Gasteiger partial charge in [0.25, 0.3) is 0 Å². The Bertz CT molecular complexity index is 1120. The number of nitrogens with zero attached hydrogens (tertiary/aromatic N) is 2. The zero-order chi connectivity index (χ0) is 25.6. The quantitative estimate of drug-likeness (QED) is 0.422. The number of benzene rings is 2. The van der Waals surface area contributed by atoms with Crippen molar-refractivity contribution in [2.45, 2.75) is 52.7 Å². The first kappa shape index (κ1) is 28.3. The monoisotopic (exact) mass is 615 g/mol. The molecule has 0 saturated heterocycles. The van der Waals surface area contributed by atoms with E-state index >= 15 is 0 Å². The zero-order valence-corrected chi connectivity index (χ0v) is 24.0. The summed E-state index contributed by atoms with van der Waals surface area (Å²) in [5, 5.41) is 2.91. The van der Waals surface area contributed by atoms with Gasteiger partial charge in [-0.1, -0.05) is 50.9 Å². The molecule has 0 aromatic heterocycles. The van der Waals surface area contributed by atoms with E-state index in [-0.39, 0.29) is 18.5 Å². The van der Waals surface area contributed by atoms with Crippen LogP contribution in [0.2, 0.25) is 0 Å². The molecule has 0 fully saturated rings. The van der Waals surface area contributed by atoms with Crippen LogP contribution in [0, 0.1) is 6.92 Å². The molecule has 1 N–H and O–H groups in total. The highest BCUT2D eigenvalue weighted by Crippen LogP contribution is 2.25. The Labute approximate surface area is 219 Å². The summed E-state index contributed by atoms with van der Waals surface area (Å²) in [7, 11) is -3.76. The van der Waals surface area contributed by atoms with Crippen molar-refractivity contribution in [3.05, 3.63) is 62.5 Å². The zero-order valence-electron chi connectivity index (χ0n) is 20.0. The molecular formula is C24H31Br2N3O4S. The van der Waals surface area contributed by atoms with E-state index in [4.69, 9.17) is 0 Å². The van der Waals surface area contributed by atoms with Crippen LogP contribution in [0.5, 0.6) is 0 Å². The average molecular weight is 617 g/mol. The number of halogens is 2. The standard InChI is InChI=1S/C24H31Br2N3O4S/c1-6-17(3)27-24(31)18(4)28(14-19-7-9-20(25)10-8-19)23(30)15-29(34(5,32)33)21-11-12-22(26)16(2)13-21/h7-13,17-18H,6,14-15H2,1-5H3,(H,27,31)/t17-,18-/m0/s1. The van der Waals surface area contributed by atoms with Crippen molar-refractivity contribution in [3.8, 4) is 0 Å². The molecule has 0 aliphatic heterocycles. The molecule has 10 heteroatoms. The molecule has 0 bridgehead atoms. The number of anilines is 1. The van der Waals surface area contributed by atoms with E-state index < -0.39 is 28.5 Å². The topological polar surface area (TPSA) is 86.8 Å². The van der Waals surface area contributed by atoms with E-state index in [2.05, 4.69) is 37.2 Å². The predicted octanol–water partition coefficient (Wildman–Crippen LogP) is 4.62. The summed E-state index contributed by atoms with van der Waals surface area (Å²) in [6, 6.07) is 11.7. The van der Waals surface area contributed by atoms with Gasteiger partial charge in [0.15, 0.2) is 0 Å². The number of carbonyl (C=O) groups excluding carboxylic acids is 2. The maximum Gasteiger partial charge on any atom is 0.244 e. The van der Waals surface area contributed by atoms with Gasteiger partial charge >= 0.3 is 0 Å². The van der Waals surface area contributed by atoms with E-state index in [0.29, 0.717) is 5.69 Å². The van der Waals surface area contributed by atoms with Crippen molar-refractivity contribution in [2.75, 3.05) is 17.1 Å². The summed E-state index contributed by atoms with van der Waals surface area (Å²) in [6.45, 7) is 7.10. The van der Waals surface area contributed by atoms with Crippen LogP contribution in [-0.4, -0.2) is 50.0 Å². The summed E-state index contributed by atoms with van der Waals surface area (Å²) in [6.07, 6.45) is 1.82. The van der Waals surface area contributed by atoms with Gasteiger partial charge in [-0.25, -0.2) is 8.42 Å². The third-order valence-corrected chi connectivity index (χ3v) is 8.10. The molecule has 0 unspecified atom stereocenters. The molecule has 2 aromatic rings. The van der Waals surface area contributed by atoms with E-state index in [9.17, 15) is 18.0 Å². The lowest BCUT2D eigenvalue weighted by Gasteiger charge is -2.32. The molecule has 186 valence electrons. The minimum absolute atomic E-state index is 0.0437. The second kappa shape index (κ2) is 12.2. The summed E-state index contributed by atoms with van der Waals surface area (Å²) < 4.78 is 28.1. The molecule has 0 radical (unpaired) electrons. The van der Waals surface area contributed by atoms with E-state index in [0.717, 1.165) is 37.1 Å². The first-order chi connectivity index (χ1) is 15.8. The Morgan fingerprint density at radius 3 is 2.21 bits per heavy atom. The Balaban J connectivity index is 2.39. The van der Waals surface area contributed by atoms with Gasteiger partial charge < -0.3 is 10.2 Å². The Morgan fingerprint density at radius 1 is 1.06 bits per heavy atom. The fourth-order valence-corrected chi connectivity index (χ4v) is 4.58. The number of sulfonamides is 1. The summed E-state index contributed by atoms with van der Waals surface area (Å²) in [5.41, 5.74) is 2.05. The van der Waals surface area contributed by atoms with Crippen LogP contribution in [0.4, 0.5) is 5.69 Å². The van der Waals surface area contributed by atoms with Gasteiger partial charge in [0.2, 0.25) is 21.8 Å². The van der Waals surface area contributed by atoms with E-state index in [1.54, 1.807) is 25.1 Å². The molecule has 2 amide bonds. The fourth-order valence-electron chi connectivity index (χ4n) is 3.23. The van der Waals surface area contributed by atoms with Gasteiger partial charge in [-0.3, -0.25) is 13.9 Å². The number of hydrogen-bond donors (Lipinski definition) is 1.